The highest BCUT2D eigenvalue weighted by Gasteiger charge is 2.23. The van der Waals surface area contributed by atoms with Gasteiger partial charge in [-0.2, -0.15) is 0 Å². The van der Waals surface area contributed by atoms with E-state index in [0.717, 1.165) is 5.56 Å². The molecule has 0 aliphatic heterocycles. The van der Waals surface area contributed by atoms with Gasteiger partial charge in [-0.1, -0.05) is 0 Å². The summed E-state index contributed by atoms with van der Waals surface area (Å²) in [5, 5.41) is -0.549. The Labute approximate surface area is 104 Å². The molecule has 0 aliphatic rings. The Balaban J connectivity index is 3.01. The minimum atomic E-state index is -1.35. The Hall–Kier alpha value is -1.36. The maximum absolute atomic E-state index is 12.2. The molecule has 0 saturated carbocycles. The van der Waals surface area contributed by atoms with Gasteiger partial charge in [0.1, 0.15) is 5.25 Å². The summed E-state index contributed by atoms with van der Waals surface area (Å²) in [6.07, 6.45) is 0. The highest BCUT2D eigenvalue weighted by Crippen LogP contribution is 2.19. The Morgan fingerprint density at radius 3 is 2.47 bits per heavy atom. The first kappa shape index (κ1) is 13.7. The molecular weight excluding hydrogens is 236 g/mol. The molecule has 1 aromatic rings. The molecule has 0 saturated heterocycles. The lowest BCUT2D eigenvalue weighted by Gasteiger charge is -2.17. The van der Waals surface area contributed by atoms with Gasteiger partial charge >= 0.3 is 0 Å². The summed E-state index contributed by atoms with van der Waals surface area (Å²) in [5.74, 6) is -0.139. The van der Waals surface area contributed by atoms with Crippen molar-refractivity contribution in [2.24, 2.45) is 0 Å². The van der Waals surface area contributed by atoms with Crippen molar-refractivity contribution in [3.63, 3.8) is 0 Å². The molecule has 0 aromatic heterocycles. The zero-order chi connectivity index (χ0) is 13.2. The summed E-state index contributed by atoms with van der Waals surface area (Å²) in [7, 11) is 1.97. The molecule has 2 atom stereocenters. The maximum Gasteiger partial charge on any atom is 0.237 e. The van der Waals surface area contributed by atoms with E-state index in [9.17, 15) is 9.00 Å². The molecule has 0 spiro atoms. The number of hydrogen-bond donors (Lipinski definition) is 1. The first-order chi connectivity index (χ1) is 7.84. The first-order valence-corrected chi connectivity index (χ1v) is 6.53. The number of aryl methyl sites for hydroxylation is 1. The number of rotatable bonds is 3. The minimum Gasteiger partial charge on any atom is -0.399 e. The van der Waals surface area contributed by atoms with Crippen molar-refractivity contribution in [3.8, 4) is 0 Å². The van der Waals surface area contributed by atoms with E-state index < -0.39 is 16.0 Å². The second-order valence-corrected chi connectivity index (χ2v) is 5.94. The van der Waals surface area contributed by atoms with Crippen LogP contribution in [0.5, 0.6) is 0 Å². The fraction of sp³-hybridized carbons (Fsp3) is 0.417. The van der Waals surface area contributed by atoms with E-state index in [2.05, 4.69) is 0 Å². The van der Waals surface area contributed by atoms with E-state index >= 15 is 0 Å². The van der Waals surface area contributed by atoms with Crippen LogP contribution in [0.15, 0.2) is 23.1 Å². The fourth-order valence-electron chi connectivity index (χ4n) is 1.54. The molecule has 0 radical (unpaired) electrons. The van der Waals surface area contributed by atoms with Crippen molar-refractivity contribution in [1.29, 1.82) is 0 Å². The maximum atomic E-state index is 12.2. The SMILES string of the molecule is Cc1cc(N)ccc1S(=O)C(C)C(=O)N(C)C. The topological polar surface area (TPSA) is 63.4 Å². The van der Waals surface area contributed by atoms with E-state index in [1.807, 2.05) is 6.92 Å². The number of anilines is 1. The number of nitrogens with two attached hydrogens (primary N) is 1. The highest BCUT2D eigenvalue weighted by molar-refractivity contribution is 7.86. The normalized spacial score (nSPS) is 14.1. The van der Waals surface area contributed by atoms with Crippen LogP contribution in [0.3, 0.4) is 0 Å². The molecule has 0 fully saturated rings. The first-order valence-electron chi connectivity index (χ1n) is 5.32. The zero-order valence-corrected chi connectivity index (χ0v) is 11.4. The molecule has 1 amide bonds. The number of nitrogens with zero attached hydrogens (tertiary/aromatic N) is 1. The summed E-state index contributed by atoms with van der Waals surface area (Å²) >= 11 is 0. The van der Waals surface area contributed by atoms with Crippen LogP contribution in [-0.2, 0) is 15.6 Å². The summed E-state index contributed by atoms with van der Waals surface area (Å²) in [6, 6.07) is 5.19. The van der Waals surface area contributed by atoms with Crippen molar-refractivity contribution in [1.82, 2.24) is 4.90 Å². The lowest BCUT2D eigenvalue weighted by atomic mass is 10.2. The second kappa shape index (κ2) is 5.31. The standard InChI is InChI=1S/C12H18N2O2S/c1-8-7-10(13)5-6-11(8)17(16)9(2)12(15)14(3)4/h5-7,9H,13H2,1-4H3. The Bertz CT molecular complexity index is 458. The molecule has 5 heteroatoms. The molecule has 17 heavy (non-hydrogen) atoms. The molecule has 4 nitrogen and oxygen atoms in total. The predicted octanol–water partition coefficient (Wildman–Crippen LogP) is 1.16. The van der Waals surface area contributed by atoms with Crippen LogP contribution in [0.2, 0.25) is 0 Å². The van der Waals surface area contributed by atoms with Crippen LogP contribution in [-0.4, -0.2) is 34.4 Å². The molecule has 0 heterocycles. The van der Waals surface area contributed by atoms with E-state index in [-0.39, 0.29) is 5.91 Å². The van der Waals surface area contributed by atoms with E-state index in [4.69, 9.17) is 5.73 Å². The van der Waals surface area contributed by atoms with Crippen LogP contribution in [0.4, 0.5) is 5.69 Å². The van der Waals surface area contributed by atoms with Gasteiger partial charge in [0.05, 0.1) is 10.8 Å². The minimum absolute atomic E-state index is 0.139. The van der Waals surface area contributed by atoms with E-state index in [1.54, 1.807) is 39.2 Å². The Morgan fingerprint density at radius 2 is 2.00 bits per heavy atom. The van der Waals surface area contributed by atoms with Crippen molar-refractivity contribution in [2.45, 2.75) is 24.0 Å². The lowest BCUT2D eigenvalue weighted by Crippen LogP contribution is -2.34. The Kier molecular flexibility index (Phi) is 4.28. The summed E-state index contributed by atoms with van der Waals surface area (Å²) in [4.78, 5) is 13.9. The van der Waals surface area contributed by atoms with Gasteiger partial charge in [0.2, 0.25) is 5.91 Å². The van der Waals surface area contributed by atoms with Crippen LogP contribution < -0.4 is 5.73 Å². The third-order valence-corrected chi connectivity index (χ3v) is 4.26. The lowest BCUT2D eigenvalue weighted by molar-refractivity contribution is -0.127. The van der Waals surface area contributed by atoms with Crippen LogP contribution in [0.25, 0.3) is 0 Å². The number of hydrogen-bond acceptors (Lipinski definition) is 3. The predicted molar refractivity (Wildman–Crippen MR) is 70.2 cm³/mol. The van der Waals surface area contributed by atoms with Gasteiger partial charge in [0.15, 0.2) is 0 Å². The summed E-state index contributed by atoms with van der Waals surface area (Å²) in [6.45, 7) is 3.52. The van der Waals surface area contributed by atoms with Gasteiger partial charge in [-0.05, 0) is 37.6 Å². The smallest absolute Gasteiger partial charge is 0.237 e. The molecule has 2 N–H and O–H groups in total. The van der Waals surface area contributed by atoms with Crippen molar-refractivity contribution < 1.29 is 9.00 Å². The van der Waals surface area contributed by atoms with Gasteiger partial charge in [-0.3, -0.25) is 9.00 Å². The van der Waals surface area contributed by atoms with Crippen LogP contribution >= 0.6 is 0 Å². The third kappa shape index (κ3) is 3.06. The summed E-state index contributed by atoms with van der Waals surface area (Å²) in [5.41, 5.74) is 7.12. The zero-order valence-electron chi connectivity index (χ0n) is 10.6. The molecule has 94 valence electrons. The number of nitrogen functional groups attached to an aromatic ring is 1. The average Bonchev–Trinajstić information content (AvgIpc) is 2.26. The van der Waals surface area contributed by atoms with Crippen molar-refractivity contribution >= 4 is 22.4 Å². The molecule has 0 bridgehead atoms. The van der Waals surface area contributed by atoms with Crippen LogP contribution in [0.1, 0.15) is 12.5 Å². The fourth-order valence-corrected chi connectivity index (χ4v) is 2.90. The largest absolute Gasteiger partial charge is 0.399 e. The molecule has 2 unspecified atom stereocenters. The van der Waals surface area contributed by atoms with E-state index in [0.29, 0.717) is 10.6 Å². The number of carbonyl (C=O) groups excluding carboxylic acids is 1. The average molecular weight is 254 g/mol. The third-order valence-electron chi connectivity index (χ3n) is 2.53. The quantitative estimate of drug-likeness (QED) is 0.823. The monoisotopic (exact) mass is 254 g/mol. The van der Waals surface area contributed by atoms with E-state index in [1.165, 1.54) is 4.90 Å². The van der Waals surface area contributed by atoms with Gasteiger partial charge in [0, 0.05) is 24.7 Å². The molecule has 1 aromatic carbocycles. The Morgan fingerprint density at radius 1 is 1.41 bits per heavy atom. The molecule has 0 aliphatic carbocycles. The highest BCUT2D eigenvalue weighted by atomic mass is 32.2. The van der Waals surface area contributed by atoms with Crippen molar-refractivity contribution in [2.75, 3.05) is 19.8 Å². The van der Waals surface area contributed by atoms with Gasteiger partial charge in [0.25, 0.3) is 0 Å². The number of carbonyl (C=O) groups is 1. The molecular formula is C12H18N2O2S. The van der Waals surface area contributed by atoms with Crippen LogP contribution in [0, 0.1) is 6.92 Å². The number of amides is 1. The number of benzene rings is 1. The summed E-state index contributed by atoms with van der Waals surface area (Å²) < 4.78 is 12.2. The van der Waals surface area contributed by atoms with Gasteiger partial charge < -0.3 is 10.6 Å². The van der Waals surface area contributed by atoms with Gasteiger partial charge in [-0.25, -0.2) is 0 Å². The second-order valence-electron chi connectivity index (χ2n) is 4.20. The molecule has 1 rings (SSSR count). The van der Waals surface area contributed by atoms with Gasteiger partial charge in [-0.15, -0.1) is 0 Å². The van der Waals surface area contributed by atoms with Crippen molar-refractivity contribution in [3.05, 3.63) is 23.8 Å².